The number of aliphatic hydroxyl groups is 1. The van der Waals surface area contributed by atoms with E-state index in [0.717, 1.165) is 34.5 Å². The van der Waals surface area contributed by atoms with Crippen molar-refractivity contribution in [1.82, 2.24) is 15.5 Å². The van der Waals surface area contributed by atoms with Gasteiger partial charge < -0.3 is 10.4 Å². The first-order valence-electron chi connectivity index (χ1n) is 6.99. The Balaban J connectivity index is 1.84. The molecule has 1 aliphatic carbocycles. The zero-order valence-corrected chi connectivity index (χ0v) is 13.3. The Hall–Kier alpha value is -0.170. The number of nitrogens with one attached hydrogen (secondary N) is 1. The Morgan fingerprint density at radius 3 is 3.00 bits per heavy atom. The van der Waals surface area contributed by atoms with E-state index in [1.807, 2.05) is 6.92 Å². The smallest absolute Gasteiger partial charge is 0.174 e. The molecule has 2 unspecified atom stereocenters. The van der Waals surface area contributed by atoms with Crippen molar-refractivity contribution in [2.75, 3.05) is 18.9 Å². The molecule has 1 aliphatic rings. The minimum atomic E-state index is -0.0354. The minimum absolute atomic E-state index is 0.0354. The summed E-state index contributed by atoms with van der Waals surface area (Å²) in [6, 6.07) is 0. The largest absolute Gasteiger partial charge is 0.394 e. The normalized spacial score (nSPS) is 27.0. The number of likely N-dealkylation sites (N-methyl/N-ethyl adjacent to an activating group) is 1. The molecule has 2 rings (SSSR count). The van der Waals surface area contributed by atoms with Crippen molar-refractivity contribution in [1.29, 1.82) is 0 Å². The van der Waals surface area contributed by atoms with Crippen molar-refractivity contribution < 1.29 is 5.11 Å². The Morgan fingerprint density at radius 1 is 1.53 bits per heavy atom. The maximum Gasteiger partial charge on any atom is 0.174 e. The molecule has 1 saturated carbocycles. The molecular formula is C13H23N3OS2. The van der Waals surface area contributed by atoms with Gasteiger partial charge >= 0.3 is 0 Å². The molecule has 0 radical (unpaired) electrons. The van der Waals surface area contributed by atoms with Gasteiger partial charge in [0.25, 0.3) is 0 Å². The fourth-order valence-electron chi connectivity index (χ4n) is 3.04. The number of hydrogen-bond acceptors (Lipinski definition) is 6. The van der Waals surface area contributed by atoms with Crippen LogP contribution >= 0.6 is 23.1 Å². The second-order valence-electron chi connectivity index (χ2n) is 5.16. The average molecular weight is 301 g/mol. The van der Waals surface area contributed by atoms with Crippen LogP contribution in [-0.4, -0.2) is 39.7 Å². The van der Waals surface area contributed by atoms with E-state index in [0.29, 0.717) is 5.92 Å². The minimum Gasteiger partial charge on any atom is -0.394 e. The van der Waals surface area contributed by atoms with E-state index in [4.69, 9.17) is 0 Å². The first kappa shape index (κ1) is 15.2. The molecule has 1 fully saturated rings. The molecule has 1 aromatic rings. The summed E-state index contributed by atoms with van der Waals surface area (Å²) in [6.45, 7) is 5.29. The highest BCUT2D eigenvalue weighted by Crippen LogP contribution is 2.39. The van der Waals surface area contributed by atoms with Gasteiger partial charge in [-0.05, 0) is 38.6 Å². The molecule has 2 N–H and O–H groups in total. The molecule has 0 spiro atoms. The maximum atomic E-state index is 9.75. The lowest BCUT2D eigenvalue weighted by molar-refractivity contribution is 0.124. The van der Waals surface area contributed by atoms with Gasteiger partial charge in [0.05, 0.1) is 6.61 Å². The Kier molecular flexibility index (Phi) is 5.62. The molecule has 0 amide bonds. The lowest BCUT2D eigenvalue weighted by Crippen LogP contribution is -2.51. The van der Waals surface area contributed by atoms with Crippen LogP contribution in [0.4, 0.5) is 0 Å². The van der Waals surface area contributed by atoms with Gasteiger partial charge in [0.2, 0.25) is 0 Å². The molecule has 1 aromatic heterocycles. The summed E-state index contributed by atoms with van der Waals surface area (Å²) in [5, 5.41) is 22.5. The Morgan fingerprint density at radius 2 is 2.37 bits per heavy atom. The monoisotopic (exact) mass is 301 g/mol. The quantitative estimate of drug-likeness (QED) is 0.758. The van der Waals surface area contributed by atoms with E-state index < -0.39 is 0 Å². The third kappa shape index (κ3) is 3.68. The molecule has 0 bridgehead atoms. The van der Waals surface area contributed by atoms with Crippen LogP contribution in [0, 0.1) is 12.8 Å². The zero-order chi connectivity index (χ0) is 13.7. The third-order valence-corrected chi connectivity index (χ3v) is 5.97. The van der Waals surface area contributed by atoms with Crippen LogP contribution in [0.25, 0.3) is 0 Å². The second kappa shape index (κ2) is 7.02. The van der Waals surface area contributed by atoms with E-state index in [9.17, 15) is 5.11 Å². The van der Waals surface area contributed by atoms with Gasteiger partial charge in [-0.1, -0.05) is 36.4 Å². The third-order valence-electron chi connectivity index (χ3n) is 3.97. The van der Waals surface area contributed by atoms with Crippen LogP contribution in [0.3, 0.4) is 0 Å². The Bertz CT molecular complexity index is 399. The molecule has 1 heterocycles. The molecule has 108 valence electrons. The number of thioether (sulfide) groups is 1. The van der Waals surface area contributed by atoms with Crippen LogP contribution in [0.15, 0.2) is 4.34 Å². The summed E-state index contributed by atoms with van der Waals surface area (Å²) in [6.07, 6.45) is 4.69. The standard InChI is InChI=1S/C13H23N3OS2/c1-3-14-13(9-17)7-4-5-11(13)6-8-18-12-16-15-10(2)19-12/h11,14,17H,3-9H2,1-2H3. The number of aliphatic hydroxyl groups excluding tert-OH is 1. The number of hydrogen-bond donors (Lipinski definition) is 2. The van der Waals surface area contributed by atoms with Crippen molar-refractivity contribution >= 4 is 23.1 Å². The van der Waals surface area contributed by atoms with Crippen LogP contribution < -0.4 is 5.32 Å². The average Bonchev–Trinajstić information content (AvgIpc) is 2.98. The SMILES string of the molecule is CCNC1(CO)CCCC1CCSc1nnc(C)s1. The number of nitrogens with zero attached hydrogens (tertiary/aromatic N) is 2. The van der Waals surface area contributed by atoms with Gasteiger partial charge in [0.15, 0.2) is 4.34 Å². The summed E-state index contributed by atoms with van der Waals surface area (Å²) in [5.74, 6) is 1.64. The van der Waals surface area contributed by atoms with Crippen molar-refractivity contribution in [3.63, 3.8) is 0 Å². The van der Waals surface area contributed by atoms with E-state index in [1.165, 1.54) is 12.8 Å². The highest BCUT2D eigenvalue weighted by Gasteiger charge is 2.41. The van der Waals surface area contributed by atoms with Crippen LogP contribution in [-0.2, 0) is 0 Å². The second-order valence-corrected chi connectivity index (χ2v) is 7.68. The van der Waals surface area contributed by atoms with E-state index >= 15 is 0 Å². The molecule has 6 heteroatoms. The van der Waals surface area contributed by atoms with E-state index in [1.54, 1.807) is 23.1 Å². The van der Waals surface area contributed by atoms with Gasteiger partial charge in [-0.2, -0.15) is 0 Å². The van der Waals surface area contributed by atoms with Gasteiger partial charge in [-0.3, -0.25) is 0 Å². The molecule has 4 nitrogen and oxygen atoms in total. The van der Waals surface area contributed by atoms with Gasteiger partial charge in [0.1, 0.15) is 5.01 Å². The summed E-state index contributed by atoms with van der Waals surface area (Å²) in [7, 11) is 0. The summed E-state index contributed by atoms with van der Waals surface area (Å²) >= 11 is 3.45. The van der Waals surface area contributed by atoms with E-state index in [-0.39, 0.29) is 12.1 Å². The topological polar surface area (TPSA) is 58.0 Å². The van der Waals surface area contributed by atoms with Crippen molar-refractivity contribution in [2.24, 2.45) is 5.92 Å². The van der Waals surface area contributed by atoms with Gasteiger partial charge in [-0.15, -0.1) is 10.2 Å². The van der Waals surface area contributed by atoms with Gasteiger partial charge in [-0.25, -0.2) is 0 Å². The molecular weight excluding hydrogens is 278 g/mol. The van der Waals surface area contributed by atoms with Gasteiger partial charge in [0, 0.05) is 11.3 Å². The summed E-state index contributed by atoms with van der Waals surface area (Å²) in [4.78, 5) is 0. The molecule has 0 aliphatic heterocycles. The lowest BCUT2D eigenvalue weighted by atomic mass is 9.86. The van der Waals surface area contributed by atoms with Crippen molar-refractivity contribution in [2.45, 2.75) is 49.4 Å². The van der Waals surface area contributed by atoms with Crippen molar-refractivity contribution in [3.8, 4) is 0 Å². The fourth-order valence-corrected chi connectivity index (χ4v) is 4.98. The maximum absolute atomic E-state index is 9.75. The number of rotatable bonds is 7. The summed E-state index contributed by atoms with van der Waals surface area (Å²) < 4.78 is 1.06. The van der Waals surface area contributed by atoms with Crippen LogP contribution in [0.1, 0.15) is 37.6 Å². The van der Waals surface area contributed by atoms with Crippen LogP contribution in [0.5, 0.6) is 0 Å². The predicted molar refractivity (Wildman–Crippen MR) is 80.8 cm³/mol. The molecule has 0 saturated heterocycles. The lowest BCUT2D eigenvalue weighted by Gasteiger charge is -2.34. The number of aromatic nitrogens is 2. The van der Waals surface area contributed by atoms with Crippen molar-refractivity contribution in [3.05, 3.63) is 5.01 Å². The highest BCUT2D eigenvalue weighted by atomic mass is 32.2. The zero-order valence-electron chi connectivity index (χ0n) is 11.7. The molecule has 2 atom stereocenters. The fraction of sp³-hybridized carbons (Fsp3) is 0.846. The first-order valence-corrected chi connectivity index (χ1v) is 8.79. The summed E-state index contributed by atoms with van der Waals surface area (Å²) in [5.41, 5.74) is -0.0354. The number of aryl methyl sites for hydroxylation is 1. The molecule has 0 aromatic carbocycles. The predicted octanol–water partition coefficient (Wildman–Crippen LogP) is 2.47. The Labute approximate surface area is 123 Å². The molecule has 19 heavy (non-hydrogen) atoms. The van der Waals surface area contributed by atoms with E-state index in [2.05, 4.69) is 22.4 Å². The highest BCUT2D eigenvalue weighted by molar-refractivity contribution is 8.01. The first-order chi connectivity index (χ1) is 9.20. The van der Waals surface area contributed by atoms with Crippen LogP contribution in [0.2, 0.25) is 0 Å².